The molecule has 1 amide bonds. The van der Waals surface area contributed by atoms with Gasteiger partial charge in [0.05, 0.1) is 10.6 Å². The van der Waals surface area contributed by atoms with Crippen molar-refractivity contribution in [3.8, 4) is 5.75 Å². The van der Waals surface area contributed by atoms with Crippen LogP contribution in [0, 0.1) is 0 Å². The van der Waals surface area contributed by atoms with Gasteiger partial charge in [-0.25, -0.2) is 4.79 Å². The second-order valence-electron chi connectivity index (χ2n) is 6.18. The van der Waals surface area contributed by atoms with E-state index in [9.17, 15) is 14.7 Å². The van der Waals surface area contributed by atoms with Crippen LogP contribution in [0.15, 0.2) is 55.1 Å². The second kappa shape index (κ2) is 7.22. The zero-order valence-corrected chi connectivity index (χ0v) is 14.8. The maximum absolute atomic E-state index is 12.9. The fourth-order valence-corrected chi connectivity index (χ4v) is 3.40. The lowest BCUT2D eigenvalue weighted by molar-refractivity contribution is -0.144. The topological polar surface area (TPSA) is 75.6 Å². The highest BCUT2D eigenvalue weighted by molar-refractivity contribution is 6.32. The van der Waals surface area contributed by atoms with Crippen molar-refractivity contribution in [2.24, 2.45) is 0 Å². The van der Waals surface area contributed by atoms with Crippen LogP contribution in [0.25, 0.3) is 0 Å². The first-order valence-electron chi connectivity index (χ1n) is 8.12. The predicted octanol–water partition coefficient (Wildman–Crippen LogP) is 3.26. The lowest BCUT2D eigenvalue weighted by Gasteiger charge is -2.26. The lowest BCUT2D eigenvalue weighted by Crippen LogP contribution is -2.55. The van der Waals surface area contributed by atoms with Crippen LogP contribution in [0.3, 0.4) is 0 Å². The van der Waals surface area contributed by atoms with Gasteiger partial charge in [0.1, 0.15) is 12.1 Å². The van der Waals surface area contributed by atoms with Gasteiger partial charge in [-0.3, -0.25) is 4.79 Å². The molecule has 2 N–H and O–H groups in total. The van der Waals surface area contributed by atoms with Gasteiger partial charge < -0.3 is 15.2 Å². The number of hydrogen-bond donors (Lipinski definition) is 2. The molecule has 1 aliphatic carbocycles. The summed E-state index contributed by atoms with van der Waals surface area (Å²) < 4.78 is 5.50. The summed E-state index contributed by atoms with van der Waals surface area (Å²) in [7, 11) is 0. The van der Waals surface area contributed by atoms with Crippen LogP contribution in [0.4, 0.5) is 0 Å². The van der Waals surface area contributed by atoms with Crippen molar-refractivity contribution in [2.75, 3.05) is 6.61 Å². The quantitative estimate of drug-likeness (QED) is 0.764. The number of ether oxygens (including phenoxy) is 1. The number of carboxylic acids is 1. The van der Waals surface area contributed by atoms with Crippen LogP contribution in [-0.2, 0) is 17.6 Å². The van der Waals surface area contributed by atoms with E-state index in [4.69, 9.17) is 16.3 Å². The molecule has 0 saturated heterocycles. The molecule has 0 aromatic heterocycles. The number of carbonyl (C=O) groups excluding carboxylic acids is 1. The molecule has 0 atom stereocenters. The number of rotatable bonds is 6. The van der Waals surface area contributed by atoms with Gasteiger partial charge in [0.15, 0.2) is 5.75 Å². The third kappa shape index (κ3) is 3.30. The summed E-state index contributed by atoms with van der Waals surface area (Å²) in [6.07, 6.45) is 2.00. The first kappa shape index (κ1) is 18.0. The van der Waals surface area contributed by atoms with Crippen molar-refractivity contribution in [1.29, 1.82) is 0 Å². The SMILES string of the molecule is C=CCOc1c(Cl)cccc1C(=O)NC1(C(=O)O)Cc2ccccc2C1. The summed E-state index contributed by atoms with van der Waals surface area (Å²) in [5.74, 6) is -1.40. The van der Waals surface area contributed by atoms with Crippen molar-refractivity contribution in [3.63, 3.8) is 0 Å². The molecule has 0 unspecified atom stereocenters. The third-order valence-electron chi connectivity index (χ3n) is 4.42. The van der Waals surface area contributed by atoms with Crippen molar-refractivity contribution >= 4 is 23.5 Å². The Morgan fingerprint density at radius 2 is 1.85 bits per heavy atom. The van der Waals surface area contributed by atoms with Crippen molar-refractivity contribution in [1.82, 2.24) is 5.32 Å². The molecule has 5 nitrogen and oxygen atoms in total. The number of fused-ring (bicyclic) bond motifs is 1. The average Bonchev–Trinajstić information content (AvgIpc) is 3.00. The molecule has 3 rings (SSSR count). The van der Waals surface area contributed by atoms with Gasteiger partial charge in [-0.15, -0.1) is 0 Å². The maximum atomic E-state index is 12.9. The van der Waals surface area contributed by atoms with E-state index in [0.717, 1.165) is 11.1 Å². The summed E-state index contributed by atoms with van der Waals surface area (Å²) in [4.78, 5) is 24.9. The molecule has 6 heteroatoms. The van der Waals surface area contributed by atoms with E-state index in [1.807, 2.05) is 24.3 Å². The Bertz CT molecular complexity index is 853. The Balaban J connectivity index is 1.91. The Morgan fingerprint density at radius 1 is 1.19 bits per heavy atom. The van der Waals surface area contributed by atoms with Crippen molar-refractivity contribution in [3.05, 3.63) is 76.8 Å². The van der Waals surface area contributed by atoms with Crippen molar-refractivity contribution < 1.29 is 19.4 Å². The van der Waals surface area contributed by atoms with E-state index in [2.05, 4.69) is 11.9 Å². The van der Waals surface area contributed by atoms with Gasteiger partial charge in [0.25, 0.3) is 5.91 Å². The molecule has 0 aliphatic heterocycles. The van der Waals surface area contributed by atoms with Gasteiger partial charge in [-0.2, -0.15) is 0 Å². The number of amides is 1. The Morgan fingerprint density at radius 3 is 2.42 bits per heavy atom. The largest absolute Gasteiger partial charge is 0.487 e. The standard InChI is InChI=1S/C20H18ClNO4/c1-2-10-26-17-15(8-5-9-16(17)21)18(23)22-20(19(24)25)11-13-6-3-4-7-14(13)12-20/h2-9H,1,10-12H2,(H,22,23)(H,24,25). The molecule has 0 heterocycles. The van der Waals surface area contributed by atoms with E-state index in [1.165, 1.54) is 6.08 Å². The van der Waals surface area contributed by atoms with E-state index in [1.54, 1.807) is 18.2 Å². The Labute approximate surface area is 156 Å². The van der Waals surface area contributed by atoms with Gasteiger partial charge in [0, 0.05) is 12.8 Å². The highest BCUT2D eigenvalue weighted by Gasteiger charge is 2.45. The minimum atomic E-state index is -1.39. The first-order valence-corrected chi connectivity index (χ1v) is 8.49. The summed E-state index contributed by atoms with van der Waals surface area (Å²) in [6, 6.07) is 12.3. The molecular weight excluding hydrogens is 354 g/mol. The molecule has 0 bridgehead atoms. The number of carbonyl (C=O) groups is 2. The van der Waals surface area contributed by atoms with E-state index in [-0.39, 0.29) is 35.8 Å². The number of carboxylic acid groups (broad SMARTS) is 1. The molecular formula is C20H18ClNO4. The number of benzene rings is 2. The molecule has 0 radical (unpaired) electrons. The summed E-state index contributed by atoms with van der Waals surface area (Å²) in [5, 5.41) is 12.8. The summed E-state index contributed by atoms with van der Waals surface area (Å²) in [6.45, 7) is 3.75. The first-order chi connectivity index (χ1) is 12.5. The molecule has 26 heavy (non-hydrogen) atoms. The third-order valence-corrected chi connectivity index (χ3v) is 4.72. The number of halogens is 1. The molecule has 0 spiro atoms. The fraction of sp³-hybridized carbons (Fsp3) is 0.200. The highest BCUT2D eigenvalue weighted by Crippen LogP contribution is 2.33. The molecule has 1 aliphatic rings. The van der Waals surface area contributed by atoms with Crippen LogP contribution in [0.1, 0.15) is 21.5 Å². The molecule has 134 valence electrons. The molecule has 2 aromatic carbocycles. The number of aliphatic carboxylic acids is 1. The van der Waals surface area contributed by atoms with Crippen LogP contribution < -0.4 is 10.1 Å². The zero-order valence-electron chi connectivity index (χ0n) is 14.0. The number of hydrogen-bond acceptors (Lipinski definition) is 3. The van der Waals surface area contributed by atoms with Crippen molar-refractivity contribution in [2.45, 2.75) is 18.4 Å². The monoisotopic (exact) mass is 371 g/mol. The van der Waals surface area contributed by atoms with Crippen LogP contribution in [0.5, 0.6) is 5.75 Å². The lowest BCUT2D eigenvalue weighted by atomic mass is 9.95. The smallest absolute Gasteiger partial charge is 0.330 e. The second-order valence-corrected chi connectivity index (χ2v) is 6.59. The Kier molecular flexibility index (Phi) is 5.00. The number of nitrogens with one attached hydrogen (secondary N) is 1. The molecule has 0 fully saturated rings. The number of para-hydroxylation sites is 1. The summed E-state index contributed by atoms with van der Waals surface area (Å²) in [5.41, 5.74) is 0.642. The van der Waals surface area contributed by atoms with Crippen LogP contribution >= 0.6 is 11.6 Å². The maximum Gasteiger partial charge on any atom is 0.330 e. The van der Waals surface area contributed by atoms with E-state index < -0.39 is 17.4 Å². The van der Waals surface area contributed by atoms with E-state index >= 15 is 0 Å². The van der Waals surface area contributed by atoms with Crippen LogP contribution in [0.2, 0.25) is 5.02 Å². The summed E-state index contributed by atoms with van der Waals surface area (Å²) >= 11 is 6.14. The van der Waals surface area contributed by atoms with E-state index in [0.29, 0.717) is 0 Å². The Hall–Kier alpha value is -2.79. The van der Waals surface area contributed by atoms with Gasteiger partial charge in [-0.05, 0) is 23.3 Å². The predicted molar refractivity (Wildman–Crippen MR) is 98.8 cm³/mol. The van der Waals surface area contributed by atoms with Gasteiger partial charge >= 0.3 is 5.97 Å². The molecule has 0 saturated carbocycles. The highest BCUT2D eigenvalue weighted by atomic mass is 35.5. The molecule has 2 aromatic rings. The minimum absolute atomic E-state index is 0.180. The normalized spacial score (nSPS) is 14.3. The van der Waals surface area contributed by atoms with Crippen LogP contribution in [-0.4, -0.2) is 29.1 Å². The zero-order chi connectivity index (χ0) is 18.7. The fourth-order valence-electron chi connectivity index (χ4n) is 3.17. The average molecular weight is 372 g/mol. The van der Waals surface area contributed by atoms with Gasteiger partial charge in [0.2, 0.25) is 0 Å². The van der Waals surface area contributed by atoms with Gasteiger partial charge in [-0.1, -0.05) is 54.6 Å². The minimum Gasteiger partial charge on any atom is -0.487 e.